The number of hydrogen-bond acceptors (Lipinski definition) is 3. The van der Waals surface area contributed by atoms with Gasteiger partial charge in [0.15, 0.2) is 0 Å². The molecule has 1 aliphatic carbocycles. The molecule has 52 heavy (non-hydrogen) atoms. The zero-order valence-corrected chi connectivity index (χ0v) is 28.2. The summed E-state index contributed by atoms with van der Waals surface area (Å²) >= 11 is 0. The number of para-hydroxylation sites is 2. The third kappa shape index (κ3) is 4.02. The quantitative estimate of drug-likeness (QED) is 0.183. The van der Waals surface area contributed by atoms with E-state index >= 15 is 0 Å². The molecular weight excluding hydrogens is 635 g/mol. The molecule has 0 saturated heterocycles. The van der Waals surface area contributed by atoms with E-state index in [0.29, 0.717) is 0 Å². The van der Waals surface area contributed by atoms with Gasteiger partial charge in [0, 0.05) is 27.5 Å². The van der Waals surface area contributed by atoms with E-state index in [-0.39, 0.29) is 0 Å². The second-order valence-electron chi connectivity index (χ2n) is 13.6. The maximum Gasteiger partial charge on any atom is 0.137 e. The average molecular weight is 666 g/mol. The molecule has 0 unspecified atom stereocenters. The molecule has 244 valence electrons. The fourth-order valence-corrected chi connectivity index (χ4v) is 8.80. The lowest BCUT2D eigenvalue weighted by atomic mass is 9.68. The Morgan fingerprint density at radius 2 is 0.923 bits per heavy atom. The summed E-state index contributed by atoms with van der Waals surface area (Å²) in [5.41, 5.74) is 13.7. The average Bonchev–Trinajstić information content (AvgIpc) is 3.87. The van der Waals surface area contributed by atoms with Gasteiger partial charge < -0.3 is 13.7 Å². The lowest BCUT2D eigenvalue weighted by Crippen LogP contribution is -2.28. The van der Waals surface area contributed by atoms with Crippen molar-refractivity contribution < 1.29 is 8.83 Å². The van der Waals surface area contributed by atoms with Crippen molar-refractivity contribution in [2.45, 2.75) is 5.41 Å². The number of nitrogens with zero attached hydrogens (tertiary/aromatic N) is 1. The Balaban J connectivity index is 1.21. The molecule has 0 aliphatic heterocycles. The predicted octanol–water partition coefficient (Wildman–Crippen LogP) is 13.3. The molecule has 0 radical (unpaired) electrons. The summed E-state index contributed by atoms with van der Waals surface area (Å²) in [7, 11) is 0. The van der Waals surface area contributed by atoms with Gasteiger partial charge in [0.1, 0.15) is 22.3 Å². The van der Waals surface area contributed by atoms with Gasteiger partial charge in [0.25, 0.3) is 0 Å². The van der Waals surface area contributed by atoms with Crippen LogP contribution < -0.4 is 4.90 Å². The molecule has 8 aromatic carbocycles. The molecule has 3 heteroatoms. The highest BCUT2D eigenvalue weighted by Gasteiger charge is 2.46. The Kier molecular flexibility index (Phi) is 6.17. The molecule has 0 spiro atoms. The molecule has 1 aliphatic rings. The molecule has 0 N–H and O–H groups in total. The first kappa shape index (κ1) is 28.9. The lowest BCUT2D eigenvalue weighted by Gasteiger charge is -2.34. The van der Waals surface area contributed by atoms with Gasteiger partial charge >= 0.3 is 0 Å². The first-order valence-corrected chi connectivity index (χ1v) is 17.8. The summed E-state index contributed by atoms with van der Waals surface area (Å²) in [6.45, 7) is 0. The van der Waals surface area contributed by atoms with Crippen molar-refractivity contribution in [3.8, 4) is 11.1 Å². The van der Waals surface area contributed by atoms with Gasteiger partial charge in [-0.25, -0.2) is 0 Å². The summed E-state index contributed by atoms with van der Waals surface area (Å²) in [5, 5.41) is 4.36. The topological polar surface area (TPSA) is 29.5 Å². The highest BCUT2D eigenvalue weighted by molar-refractivity contribution is 6.14. The fourth-order valence-electron chi connectivity index (χ4n) is 8.80. The van der Waals surface area contributed by atoms with Crippen LogP contribution in [0.25, 0.3) is 55.0 Å². The molecular formula is C49H31NO2. The normalized spacial score (nSPS) is 13.2. The highest BCUT2D eigenvalue weighted by Crippen LogP contribution is 2.57. The fraction of sp³-hybridized carbons (Fsp3) is 0.0204. The standard InChI is InChI=1S/C49H31NO2/c1-3-14-32(15-4-1)49(33-16-5-2-6-17-33)41-21-10-7-18-36(41)39-30-34(26-28-42(39)49)50(35-27-29-46-40(31-35)37-19-8-11-23-44(37)51-46)43-22-13-25-47-48(43)38-20-9-12-24-45(38)52-47/h1-31H. The van der Waals surface area contributed by atoms with E-state index in [1.807, 2.05) is 24.3 Å². The van der Waals surface area contributed by atoms with Crippen molar-refractivity contribution in [3.63, 3.8) is 0 Å². The van der Waals surface area contributed by atoms with Crippen molar-refractivity contribution in [1.82, 2.24) is 0 Å². The zero-order valence-electron chi connectivity index (χ0n) is 28.2. The van der Waals surface area contributed by atoms with E-state index in [4.69, 9.17) is 8.83 Å². The Hall–Kier alpha value is -6.84. The molecule has 2 aromatic heterocycles. The van der Waals surface area contributed by atoms with E-state index in [1.165, 1.54) is 33.4 Å². The van der Waals surface area contributed by atoms with Crippen LogP contribution in [-0.2, 0) is 5.41 Å². The van der Waals surface area contributed by atoms with Gasteiger partial charge in [0.05, 0.1) is 16.5 Å². The zero-order chi connectivity index (χ0) is 34.2. The van der Waals surface area contributed by atoms with Crippen LogP contribution in [0.15, 0.2) is 197 Å². The van der Waals surface area contributed by atoms with Gasteiger partial charge in [-0.05, 0) is 88.0 Å². The molecule has 11 rings (SSSR count). The molecule has 0 atom stereocenters. The minimum atomic E-state index is -0.465. The van der Waals surface area contributed by atoms with Crippen LogP contribution >= 0.6 is 0 Å². The SMILES string of the molecule is c1ccc(C2(c3ccccc3)c3ccccc3-c3cc(N(c4ccc5oc6ccccc6c5c4)c4cccc5oc6ccccc6c45)ccc32)cc1. The van der Waals surface area contributed by atoms with Crippen molar-refractivity contribution in [2.24, 2.45) is 0 Å². The lowest BCUT2D eigenvalue weighted by molar-refractivity contribution is 0.668. The van der Waals surface area contributed by atoms with Gasteiger partial charge in [-0.2, -0.15) is 0 Å². The van der Waals surface area contributed by atoms with Gasteiger partial charge in [-0.15, -0.1) is 0 Å². The van der Waals surface area contributed by atoms with Crippen molar-refractivity contribution in [3.05, 3.63) is 210 Å². The van der Waals surface area contributed by atoms with E-state index in [2.05, 4.69) is 169 Å². The van der Waals surface area contributed by atoms with Crippen LogP contribution in [0.1, 0.15) is 22.3 Å². The van der Waals surface area contributed by atoms with E-state index in [9.17, 15) is 0 Å². The first-order valence-electron chi connectivity index (χ1n) is 17.8. The number of rotatable bonds is 5. The highest BCUT2D eigenvalue weighted by atomic mass is 16.3. The predicted molar refractivity (Wildman–Crippen MR) is 213 cm³/mol. The number of furan rings is 2. The van der Waals surface area contributed by atoms with Crippen LogP contribution in [0, 0.1) is 0 Å². The van der Waals surface area contributed by atoms with Crippen LogP contribution in [0.3, 0.4) is 0 Å². The monoisotopic (exact) mass is 665 g/mol. The summed E-state index contributed by atoms with van der Waals surface area (Å²) in [6, 6.07) is 67.4. The third-order valence-electron chi connectivity index (χ3n) is 10.9. The van der Waals surface area contributed by atoms with Crippen LogP contribution in [0.2, 0.25) is 0 Å². The maximum absolute atomic E-state index is 6.43. The number of anilines is 3. The van der Waals surface area contributed by atoms with Crippen molar-refractivity contribution in [2.75, 3.05) is 4.90 Å². The van der Waals surface area contributed by atoms with Gasteiger partial charge in [-0.3, -0.25) is 0 Å². The largest absolute Gasteiger partial charge is 0.456 e. The molecule has 10 aromatic rings. The van der Waals surface area contributed by atoms with Gasteiger partial charge in [0.2, 0.25) is 0 Å². The molecule has 0 saturated carbocycles. The van der Waals surface area contributed by atoms with Crippen LogP contribution in [-0.4, -0.2) is 0 Å². The van der Waals surface area contributed by atoms with E-state index in [1.54, 1.807) is 0 Å². The minimum absolute atomic E-state index is 0.465. The number of fused-ring (bicyclic) bond motifs is 9. The number of hydrogen-bond donors (Lipinski definition) is 0. The third-order valence-corrected chi connectivity index (χ3v) is 10.9. The van der Waals surface area contributed by atoms with Crippen molar-refractivity contribution in [1.29, 1.82) is 0 Å². The summed E-state index contributed by atoms with van der Waals surface area (Å²) in [4.78, 5) is 2.39. The minimum Gasteiger partial charge on any atom is -0.456 e. The van der Waals surface area contributed by atoms with Crippen molar-refractivity contribution >= 4 is 60.9 Å². The number of benzene rings is 8. The summed E-state index contributed by atoms with van der Waals surface area (Å²) in [6.07, 6.45) is 0. The summed E-state index contributed by atoms with van der Waals surface area (Å²) < 4.78 is 12.7. The van der Waals surface area contributed by atoms with E-state index < -0.39 is 5.41 Å². The summed E-state index contributed by atoms with van der Waals surface area (Å²) in [5.74, 6) is 0. The smallest absolute Gasteiger partial charge is 0.137 e. The Morgan fingerprint density at radius 3 is 1.71 bits per heavy atom. The first-order chi connectivity index (χ1) is 25.8. The van der Waals surface area contributed by atoms with Crippen LogP contribution in [0.5, 0.6) is 0 Å². The molecule has 0 amide bonds. The Labute approximate surface area is 300 Å². The molecule has 0 fully saturated rings. The molecule has 0 bridgehead atoms. The second kappa shape index (κ2) is 11.1. The second-order valence-corrected chi connectivity index (χ2v) is 13.6. The molecule has 3 nitrogen and oxygen atoms in total. The van der Waals surface area contributed by atoms with Crippen LogP contribution in [0.4, 0.5) is 17.1 Å². The Morgan fingerprint density at radius 1 is 0.365 bits per heavy atom. The Bertz CT molecular complexity index is 2930. The molecule has 2 heterocycles. The van der Waals surface area contributed by atoms with Gasteiger partial charge in [-0.1, -0.05) is 133 Å². The maximum atomic E-state index is 6.43. The van der Waals surface area contributed by atoms with E-state index in [0.717, 1.165) is 60.9 Å².